The average Bonchev–Trinajstić information content (AvgIpc) is 2.94. The Kier molecular flexibility index (Phi) is 4.78. The summed E-state index contributed by atoms with van der Waals surface area (Å²) in [4.78, 5) is 0.109. The molecule has 0 heterocycles. The lowest BCUT2D eigenvalue weighted by Crippen LogP contribution is -2.37. The van der Waals surface area contributed by atoms with Gasteiger partial charge in [-0.05, 0) is 50.3 Å². The maximum absolute atomic E-state index is 12.6. The summed E-state index contributed by atoms with van der Waals surface area (Å²) >= 11 is 0. The number of methoxy groups -OCH3 is 1. The predicted octanol–water partition coefficient (Wildman–Crippen LogP) is 2.44. The molecule has 3 N–H and O–H groups in total. The van der Waals surface area contributed by atoms with Crippen LogP contribution in [0.15, 0.2) is 17.0 Å². The van der Waals surface area contributed by atoms with Gasteiger partial charge in [0.05, 0.1) is 7.11 Å². The number of sulfonamides is 1. The van der Waals surface area contributed by atoms with Gasteiger partial charge in [-0.25, -0.2) is 13.1 Å². The second-order valence-corrected chi connectivity index (χ2v) is 7.50. The monoisotopic (exact) mass is 312 g/mol. The van der Waals surface area contributed by atoms with Gasteiger partial charge in [0.2, 0.25) is 10.0 Å². The Bertz CT molecular complexity index is 608. The van der Waals surface area contributed by atoms with Crippen molar-refractivity contribution in [3.63, 3.8) is 0 Å². The van der Waals surface area contributed by atoms with Gasteiger partial charge in [-0.2, -0.15) is 0 Å². The molecular weight excluding hydrogens is 288 g/mol. The van der Waals surface area contributed by atoms with Crippen LogP contribution in [0.25, 0.3) is 0 Å². The van der Waals surface area contributed by atoms with E-state index in [1.807, 2.05) is 13.8 Å². The first kappa shape index (κ1) is 16.1. The van der Waals surface area contributed by atoms with Crippen molar-refractivity contribution in [2.45, 2.75) is 50.5 Å². The molecule has 1 aliphatic rings. The normalized spacial score (nSPS) is 17.9. The van der Waals surface area contributed by atoms with Crippen molar-refractivity contribution in [3.8, 4) is 5.75 Å². The van der Waals surface area contributed by atoms with E-state index in [4.69, 9.17) is 10.5 Å². The van der Waals surface area contributed by atoms with Crippen LogP contribution in [0, 0.1) is 12.8 Å². The molecule has 1 fully saturated rings. The number of aryl methyl sites for hydroxylation is 1. The van der Waals surface area contributed by atoms with Gasteiger partial charge in [0.15, 0.2) is 0 Å². The fourth-order valence-corrected chi connectivity index (χ4v) is 4.41. The molecule has 21 heavy (non-hydrogen) atoms. The number of benzene rings is 1. The molecular formula is C15H24N2O3S. The van der Waals surface area contributed by atoms with Crippen LogP contribution in [0.2, 0.25) is 0 Å². The maximum Gasteiger partial charge on any atom is 0.244 e. The van der Waals surface area contributed by atoms with Gasteiger partial charge in [0, 0.05) is 11.7 Å². The molecule has 0 radical (unpaired) electrons. The van der Waals surface area contributed by atoms with Crippen LogP contribution in [-0.4, -0.2) is 21.6 Å². The summed E-state index contributed by atoms with van der Waals surface area (Å²) < 4.78 is 33.2. The van der Waals surface area contributed by atoms with Crippen molar-refractivity contribution in [1.29, 1.82) is 0 Å². The molecule has 1 aromatic rings. The van der Waals surface area contributed by atoms with Crippen LogP contribution in [0.1, 0.15) is 38.2 Å². The topological polar surface area (TPSA) is 81.4 Å². The highest BCUT2D eigenvalue weighted by molar-refractivity contribution is 7.89. The number of ether oxygens (including phenoxy) is 1. The highest BCUT2D eigenvalue weighted by atomic mass is 32.2. The maximum atomic E-state index is 12.6. The first-order valence-electron chi connectivity index (χ1n) is 7.31. The molecule has 6 heteroatoms. The largest absolute Gasteiger partial charge is 0.495 e. The van der Waals surface area contributed by atoms with Gasteiger partial charge < -0.3 is 10.5 Å². The van der Waals surface area contributed by atoms with Crippen LogP contribution >= 0.6 is 0 Å². The molecule has 0 saturated heterocycles. The Morgan fingerprint density at radius 1 is 1.33 bits per heavy atom. The second-order valence-electron chi connectivity index (χ2n) is 5.81. The summed E-state index contributed by atoms with van der Waals surface area (Å²) in [6, 6.07) is 3.05. The quantitative estimate of drug-likeness (QED) is 0.818. The summed E-state index contributed by atoms with van der Waals surface area (Å²) in [7, 11) is -2.17. The summed E-state index contributed by atoms with van der Waals surface area (Å²) in [5, 5.41) is 0. The highest BCUT2D eigenvalue weighted by Crippen LogP contribution is 2.31. The molecule has 0 spiro atoms. The van der Waals surface area contributed by atoms with E-state index >= 15 is 0 Å². The molecule has 1 aromatic carbocycles. The average molecular weight is 312 g/mol. The molecule has 0 amide bonds. The van der Waals surface area contributed by atoms with Crippen LogP contribution < -0.4 is 15.2 Å². The van der Waals surface area contributed by atoms with E-state index in [2.05, 4.69) is 4.72 Å². The Morgan fingerprint density at radius 2 is 1.95 bits per heavy atom. The van der Waals surface area contributed by atoms with E-state index in [1.54, 1.807) is 6.07 Å². The minimum absolute atomic E-state index is 0.0790. The lowest BCUT2D eigenvalue weighted by atomic mass is 10.0. The number of hydrogen-bond donors (Lipinski definition) is 2. The van der Waals surface area contributed by atoms with Gasteiger partial charge >= 0.3 is 0 Å². The molecule has 118 valence electrons. The first-order valence-corrected chi connectivity index (χ1v) is 8.80. The van der Waals surface area contributed by atoms with Gasteiger partial charge in [-0.15, -0.1) is 0 Å². The van der Waals surface area contributed by atoms with E-state index in [9.17, 15) is 8.42 Å². The molecule has 0 aliphatic heterocycles. The third kappa shape index (κ3) is 3.49. The van der Waals surface area contributed by atoms with Crippen molar-refractivity contribution < 1.29 is 13.2 Å². The SMILES string of the molecule is COc1cc(C)c(N)cc1S(=O)(=O)NC(C)C1CCCC1. The molecule has 0 bridgehead atoms. The Balaban J connectivity index is 2.28. The zero-order valence-electron chi connectivity index (χ0n) is 12.8. The van der Waals surface area contributed by atoms with E-state index < -0.39 is 10.0 Å². The zero-order chi connectivity index (χ0) is 15.6. The number of anilines is 1. The van der Waals surface area contributed by atoms with Crippen LogP contribution in [0.5, 0.6) is 5.75 Å². The molecule has 1 aliphatic carbocycles. The molecule has 1 unspecified atom stereocenters. The lowest BCUT2D eigenvalue weighted by Gasteiger charge is -2.21. The smallest absolute Gasteiger partial charge is 0.244 e. The standard InChI is InChI=1S/C15H24N2O3S/c1-10-8-14(20-3)15(9-13(10)16)21(18,19)17-11(2)12-6-4-5-7-12/h8-9,11-12,17H,4-7,16H2,1-3H3. The lowest BCUT2D eigenvalue weighted by molar-refractivity contribution is 0.398. The number of nitrogens with two attached hydrogens (primary N) is 1. The Hall–Kier alpha value is -1.27. The fourth-order valence-electron chi connectivity index (χ4n) is 2.91. The van der Waals surface area contributed by atoms with E-state index in [0.717, 1.165) is 18.4 Å². The number of nitrogen functional groups attached to an aromatic ring is 1. The number of nitrogens with one attached hydrogen (secondary N) is 1. The summed E-state index contributed by atoms with van der Waals surface area (Å²) in [6.45, 7) is 3.75. The molecule has 2 rings (SSSR count). The van der Waals surface area contributed by atoms with E-state index in [-0.39, 0.29) is 10.9 Å². The number of rotatable bonds is 5. The van der Waals surface area contributed by atoms with Gasteiger partial charge in [-0.3, -0.25) is 0 Å². The number of hydrogen-bond acceptors (Lipinski definition) is 4. The molecule has 0 aromatic heterocycles. The Labute approximate surface area is 126 Å². The van der Waals surface area contributed by atoms with Crippen LogP contribution in [0.4, 0.5) is 5.69 Å². The van der Waals surface area contributed by atoms with Gasteiger partial charge in [0.1, 0.15) is 10.6 Å². The van der Waals surface area contributed by atoms with Crippen molar-refractivity contribution in [3.05, 3.63) is 17.7 Å². The fraction of sp³-hybridized carbons (Fsp3) is 0.600. The first-order chi connectivity index (χ1) is 9.85. The highest BCUT2D eigenvalue weighted by Gasteiger charge is 2.28. The third-order valence-electron chi connectivity index (χ3n) is 4.29. The van der Waals surface area contributed by atoms with Gasteiger partial charge in [-0.1, -0.05) is 12.8 Å². The predicted molar refractivity (Wildman–Crippen MR) is 83.9 cm³/mol. The van der Waals surface area contributed by atoms with Crippen molar-refractivity contribution in [2.24, 2.45) is 5.92 Å². The molecule has 1 atom stereocenters. The van der Waals surface area contributed by atoms with Crippen LogP contribution in [-0.2, 0) is 10.0 Å². The summed E-state index contributed by atoms with van der Waals surface area (Å²) in [5.74, 6) is 0.737. The molecule has 1 saturated carbocycles. The molecule has 5 nitrogen and oxygen atoms in total. The van der Waals surface area contributed by atoms with Crippen molar-refractivity contribution >= 4 is 15.7 Å². The van der Waals surface area contributed by atoms with Crippen molar-refractivity contribution in [2.75, 3.05) is 12.8 Å². The minimum Gasteiger partial charge on any atom is -0.495 e. The zero-order valence-corrected chi connectivity index (χ0v) is 13.7. The van der Waals surface area contributed by atoms with E-state index in [0.29, 0.717) is 17.4 Å². The second kappa shape index (κ2) is 6.23. The minimum atomic E-state index is -3.63. The summed E-state index contributed by atoms with van der Waals surface area (Å²) in [5.41, 5.74) is 7.10. The van der Waals surface area contributed by atoms with E-state index in [1.165, 1.54) is 26.0 Å². The third-order valence-corrected chi connectivity index (χ3v) is 5.87. The van der Waals surface area contributed by atoms with Gasteiger partial charge in [0.25, 0.3) is 0 Å². The Morgan fingerprint density at radius 3 is 2.52 bits per heavy atom. The summed E-state index contributed by atoms with van der Waals surface area (Å²) in [6.07, 6.45) is 4.52. The van der Waals surface area contributed by atoms with Crippen LogP contribution in [0.3, 0.4) is 0 Å². The van der Waals surface area contributed by atoms with Crippen molar-refractivity contribution in [1.82, 2.24) is 4.72 Å².